The SMILES string of the molecule is O=C(Nc1cccc(C(F)(F)F)c1)Nc1c[n+](Cc2ccc(-c3ccc(CN4CCOCC4)cc3)cc2)no1. The zero-order valence-corrected chi connectivity index (χ0v) is 20.9. The quantitative estimate of drug-likeness (QED) is 0.317. The minimum absolute atomic E-state index is 0.00143. The van der Waals surface area contributed by atoms with E-state index in [1.165, 1.54) is 28.6 Å². The number of urea groups is 1. The Morgan fingerprint density at radius 1 is 0.923 bits per heavy atom. The molecule has 1 aliphatic heterocycles. The van der Waals surface area contributed by atoms with E-state index in [4.69, 9.17) is 9.26 Å². The maximum absolute atomic E-state index is 12.9. The lowest BCUT2D eigenvalue weighted by Gasteiger charge is -2.26. The van der Waals surface area contributed by atoms with Crippen molar-refractivity contribution in [1.29, 1.82) is 0 Å². The fourth-order valence-electron chi connectivity index (χ4n) is 4.27. The molecule has 1 aromatic heterocycles. The second-order valence-electron chi connectivity index (χ2n) is 9.20. The molecule has 39 heavy (non-hydrogen) atoms. The molecule has 0 atom stereocenters. The summed E-state index contributed by atoms with van der Waals surface area (Å²) in [6, 6.07) is 20.2. The highest BCUT2D eigenvalue weighted by molar-refractivity contribution is 5.98. The molecule has 0 unspecified atom stereocenters. The molecule has 0 radical (unpaired) electrons. The van der Waals surface area contributed by atoms with E-state index in [-0.39, 0.29) is 11.6 Å². The standard InChI is InChI=1S/C28H26F3N5O3/c29-28(30,31)24-2-1-3-25(16-24)32-27(37)33-26-19-36(34-39-26)18-21-6-10-23(11-7-21)22-8-4-20(5-9-22)17-35-12-14-38-15-13-35/h1-11,16,19H,12-15,17-18H2,(H-,32,33,34,37)/p+1. The highest BCUT2D eigenvalue weighted by atomic mass is 19.4. The minimum Gasteiger partial charge on any atom is -0.379 e. The molecule has 0 bridgehead atoms. The van der Waals surface area contributed by atoms with Crippen LogP contribution in [0.3, 0.4) is 0 Å². The molecule has 0 saturated carbocycles. The van der Waals surface area contributed by atoms with Crippen LogP contribution >= 0.6 is 0 Å². The number of benzene rings is 3. The molecule has 0 spiro atoms. The largest absolute Gasteiger partial charge is 0.416 e. The summed E-state index contributed by atoms with van der Waals surface area (Å²) < 4.78 is 50.7. The van der Waals surface area contributed by atoms with E-state index < -0.39 is 17.8 Å². The van der Waals surface area contributed by atoms with Gasteiger partial charge in [0.1, 0.15) is 0 Å². The van der Waals surface area contributed by atoms with Crippen molar-refractivity contribution in [3.05, 3.63) is 95.7 Å². The fourth-order valence-corrected chi connectivity index (χ4v) is 4.27. The molecule has 2 heterocycles. The van der Waals surface area contributed by atoms with Crippen LogP contribution in [0.4, 0.5) is 29.5 Å². The third-order valence-corrected chi connectivity index (χ3v) is 6.29. The number of hydrogen-bond acceptors (Lipinski definition) is 5. The first-order chi connectivity index (χ1) is 18.8. The molecule has 11 heteroatoms. The number of nitrogens with one attached hydrogen (secondary N) is 2. The lowest BCUT2D eigenvalue weighted by molar-refractivity contribution is -0.754. The highest BCUT2D eigenvalue weighted by Gasteiger charge is 2.30. The second kappa shape index (κ2) is 11.7. The molecule has 0 aliphatic carbocycles. The number of nitrogens with zero attached hydrogens (tertiary/aromatic N) is 3. The van der Waals surface area contributed by atoms with Gasteiger partial charge in [-0.2, -0.15) is 13.2 Å². The summed E-state index contributed by atoms with van der Waals surface area (Å²) >= 11 is 0. The first-order valence-corrected chi connectivity index (χ1v) is 12.4. The van der Waals surface area contributed by atoms with Crippen molar-refractivity contribution in [2.24, 2.45) is 0 Å². The average Bonchev–Trinajstić information content (AvgIpc) is 3.36. The monoisotopic (exact) mass is 538 g/mol. The van der Waals surface area contributed by atoms with E-state index >= 15 is 0 Å². The van der Waals surface area contributed by atoms with Crippen molar-refractivity contribution in [1.82, 2.24) is 10.2 Å². The number of anilines is 2. The molecule has 4 aromatic rings. The number of halogens is 3. The van der Waals surface area contributed by atoms with Crippen LogP contribution in [0.25, 0.3) is 11.1 Å². The van der Waals surface area contributed by atoms with E-state index in [1.807, 2.05) is 24.3 Å². The van der Waals surface area contributed by atoms with Crippen LogP contribution in [-0.2, 0) is 24.0 Å². The predicted octanol–water partition coefficient (Wildman–Crippen LogP) is 5.17. The van der Waals surface area contributed by atoms with Gasteiger partial charge in [-0.1, -0.05) is 54.6 Å². The number of ether oxygens (including phenoxy) is 1. The lowest BCUT2D eigenvalue weighted by atomic mass is 10.0. The molecule has 2 amide bonds. The zero-order valence-electron chi connectivity index (χ0n) is 20.9. The summed E-state index contributed by atoms with van der Waals surface area (Å²) in [5, 5.41) is 8.67. The third-order valence-electron chi connectivity index (χ3n) is 6.29. The highest BCUT2D eigenvalue weighted by Crippen LogP contribution is 2.30. The summed E-state index contributed by atoms with van der Waals surface area (Å²) in [5.74, 6) is 0.0493. The molecular formula is C28H27F3N5O3+. The van der Waals surface area contributed by atoms with Gasteiger partial charge in [-0.05, 0) is 39.6 Å². The second-order valence-corrected chi connectivity index (χ2v) is 9.20. The van der Waals surface area contributed by atoms with Crippen LogP contribution in [0.2, 0.25) is 0 Å². The van der Waals surface area contributed by atoms with Crippen LogP contribution in [0, 0.1) is 0 Å². The van der Waals surface area contributed by atoms with Crippen LogP contribution in [-0.4, -0.2) is 42.5 Å². The van der Waals surface area contributed by atoms with E-state index in [9.17, 15) is 18.0 Å². The first kappa shape index (κ1) is 26.4. The normalized spacial score (nSPS) is 14.2. The van der Waals surface area contributed by atoms with Gasteiger partial charge in [-0.15, -0.1) is 0 Å². The Labute approximate surface area is 223 Å². The molecular weight excluding hydrogens is 511 g/mol. The molecule has 8 nitrogen and oxygen atoms in total. The van der Waals surface area contributed by atoms with Crippen molar-refractivity contribution in [3.8, 4) is 11.1 Å². The Morgan fingerprint density at radius 3 is 2.26 bits per heavy atom. The van der Waals surface area contributed by atoms with E-state index in [2.05, 4.69) is 45.1 Å². The first-order valence-electron chi connectivity index (χ1n) is 12.4. The Balaban J connectivity index is 1.14. The van der Waals surface area contributed by atoms with E-state index in [0.29, 0.717) is 6.54 Å². The smallest absolute Gasteiger partial charge is 0.379 e. The van der Waals surface area contributed by atoms with Crippen LogP contribution < -0.4 is 15.3 Å². The molecule has 1 aliphatic rings. The van der Waals surface area contributed by atoms with Crippen molar-refractivity contribution < 1.29 is 31.9 Å². The summed E-state index contributed by atoms with van der Waals surface area (Å²) in [4.78, 5) is 14.6. The summed E-state index contributed by atoms with van der Waals surface area (Å²) in [7, 11) is 0. The topological polar surface area (TPSA) is 83.5 Å². The van der Waals surface area contributed by atoms with Gasteiger partial charge in [0.15, 0.2) is 0 Å². The average molecular weight is 539 g/mol. The van der Waals surface area contributed by atoms with Gasteiger partial charge in [0, 0.05) is 30.9 Å². The molecule has 202 valence electrons. The molecule has 3 aromatic carbocycles. The Bertz CT molecular complexity index is 1400. The number of alkyl halides is 3. The van der Waals surface area contributed by atoms with Gasteiger partial charge in [-0.3, -0.25) is 14.7 Å². The number of hydrogen-bond donors (Lipinski definition) is 2. The Morgan fingerprint density at radius 2 is 1.59 bits per heavy atom. The van der Waals surface area contributed by atoms with Gasteiger partial charge < -0.3 is 10.1 Å². The zero-order chi connectivity index (χ0) is 27.2. The number of rotatable bonds is 7. The predicted molar refractivity (Wildman–Crippen MR) is 138 cm³/mol. The number of amides is 2. The maximum atomic E-state index is 12.9. The van der Waals surface area contributed by atoms with Crippen LogP contribution in [0.1, 0.15) is 16.7 Å². The van der Waals surface area contributed by atoms with Crippen molar-refractivity contribution in [3.63, 3.8) is 0 Å². The van der Waals surface area contributed by atoms with Gasteiger partial charge in [-0.25, -0.2) is 4.79 Å². The molecule has 1 saturated heterocycles. The third kappa shape index (κ3) is 7.21. The summed E-state index contributed by atoms with van der Waals surface area (Å²) in [5.41, 5.74) is 3.61. The fraction of sp³-hybridized carbons (Fsp3) is 0.250. The maximum Gasteiger partial charge on any atom is 0.416 e. The Kier molecular flexibility index (Phi) is 7.89. The lowest BCUT2D eigenvalue weighted by Crippen LogP contribution is -2.35. The summed E-state index contributed by atoms with van der Waals surface area (Å²) in [6.45, 7) is 4.80. The van der Waals surface area contributed by atoms with E-state index in [0.717, 1.165) is 61.7 Å². The van der Waals surface area contributed by atoms with Crippen LogP contribution in [0.5, 0.6) is 0 Å². The van der Waals surface area contributed by atoms with Crippen molar-refractivity contribution >= 4 is 17.6 Å². The van der Waals surface area contributed by atoms with Gasteiger partial charge in [0.25, 0.3) is 6.20 Å². The molecule has 1 fully saturated rings. The molecule has 5 rings (SSSR count). The number of aromatic nitrogens is 2. The van der Waals surface area contributed by atoms with Gasteiger partial charge >= 0.3 is 18.1 Å². The number of carbonyl (C=O) groups is 1. The number of morpholine rings is 1. The molecule has 2 N–H and O–H groups in total. The van der Waals surface area contributed by atoms with Crippen molar-refractivity contribution in [2.45, 2.75) is 19.3 Å². The van der Waals surface area contributed by atoms with Crippen LogP contribution in [0.15, 0.2) is 83.5 Å². The van der Waals surface area contributed by atoms with Crippen molar-refractivity contribution in [2.75, 3.05) is 36.9 Å². The summed E-state index contributed by atoms with van der Waals surface area (Å²) in [6.07, 6.45) is -3.01. The van der Waals surface area contributed by atoms with Gasteiger partial charge in [0.05, 0.1) is 18.8 Å². The Hall–Kier alpha value is -4.22. The van der Waals surface area contributed by atoms with Gasteiger partial charge in [0.2, 0.25) is 11.8 Å². The minimum atomic E-state index is -4.50. The van der Waals surface area contributed by atoms with E-state index in [1.54, 1.807) is 0 Å². The number of carbonyl (C=O) groups excluding carboxylic acids is 1.